The Morgan fingerprint density at radius 2 is 1.73 bits per heavy atom. The zero-order chi connectivity index (χ0) is 23.4. The van der Waals surface area contributed by atoms with E-state index in [1.807, 2.05) is 34.1 Å². The van der Waals surface area contributed by atoms with Gasteiger partial charge < -0.3 is 26.2 Å². The van der Waals surface area contributed by atoms with Gasteiger partial charge in [-0.05, 0) is 42.3 Å². The number of hydrogen-bond donors (Lipinski definition) is 2. The van der Waals surface area contributed by atoms with E-state index in [1.165, 1.54) is 11.6 Å². The molecule has 9 heteroatoms. The van der Waals surface area contributed by atoms with E-state index >= 15 is 0 Å². The van der Waals surface area contributed by atoms with Crippen LogP contribution in [0.4, 0.5) is 16.3 Å². The number of pyridine rings is 1. The SMILES string of the molecule is C=CC(=O)N1CCN(C(=O)N2CCC(c3ccc(N=C(N)c4cccnc4N)cc3)C2)CC1. The number of benzene rings is 1. The van der Waals surface area contributed by atoms with E-state index in [-0.39, 0.29) is 17.9 Å². The first-order chi connectivity index (χ1) is 16.0. The molecule has 0 saturated carbocycles. The predicted octanol–water partition coefficient (Wildman–Crippen LogP) is 1.94. The number of carbonyl (C=O) groups is 2. The fourth-order valence-electron chi connectivity index (χ4n) is 4.31. The number of carbonyl (C=O) groups excluding carboxylic acids is 2. The van der Waals surface area contributed by atoms with Crippen molar-refractivity contribution in [3.05, 3.63) is 66.4 Å². The van der Waals surface area contributed by atoms with E-state index in [4.69, 9.17) is 11.5 Å². The average molecular weight is 448 g/mol. The van der Waals surface area contributed by atoms with Crippen molar-refractivity contribution in [1.82, 2.24) is 19.7 Å². The van der Waals surface area contributed by atoms with Gasteiger partial charge in [0.25, 0.3) is 0 Å². The molecule has 2 aliphatic heterocycles. The molecule has 2 aliphatic rings. The summed E-state index contributed by atoms with van der Waals surface area (Å²) < 4.78 is 0. The number of aromatic nitrogens is 1. The quantitative estimate of drug-likeness (QED) is 0.421. The van der Waals surface area contributed by atoms with Crippen LogP contribution in [-0.4, -0.2) is 76.7 Å². The first-order valence-electron chi connectivity index (χ1n) is 11.1. The molecule has 0 aliphatic carbocycles. The molecular weight excluding hydrogens is 418 g/mol. The molecule has 3 amide bonds. The topological polar surface area (TPSA) is 121 Å². The summed E-state index contributed by atoms with van der Waals surface area (Å²) in [5.41, 5.74) is 14.5. The maximum Gasteiger partial charge on any atom is 0.320 e. The highest BCUT2D eigenvalue weighted by Crippen LogP contribution is 2.29. The minimum absolute atomic E-state index is 0.0475. The monoisotopic (exact) mass is 447 g/mol. The molecule has 2 aromatic rings. The second-order valence-electron chi connectivity index (χ2n) is 8.26. The molecule has 4 rings (SSSR count). The normalized spacial score (nSPS) is 19.0. The van der Waals surface area contributed by atoms with E-state index in [0.29, 0.717) is 49.9 Å². The number of nitrogen functional groups attached to an aromatic ring is 1. The Morgan fingerprint density at radius 1 is 1.03 bits per heavy atom. The van der Waals surface area contributed by atoms with E-state index in [0.717, 1.165) is 18.7 Å². The minimum atomic E-state index is -0.0817. The number of urea groups is 1. The van der Waals surface area contributed by atoms with Gasteiger partial charge in [0.05, 0.1) is 11.3 Å². The number of nitrogens with two attached hydrogens (primary N) is 2. The van der Waals surface area contributed by atoms with Gasteiger partial charge in [-0.15, -0.1) is 0 Å². The van der Waals surface area contributed by atoms with Crippen LogP contribution in [-0.2, 0) is 4.79 Å². The molecule has 1 aromatic carbocycles. The Morgan fingerprint density at radius 3 is 2.39 bits per heavy atom. The van der Waals surface area contributed by atoms with Crippen LogP contribution in [0.1, 0.15) is 23.5 Å². The molecule has 172 valence electrons. The number of piperazine rings is 1. The molecule has 3 heterocycles. The first-order valence-corrected chi connectivity index (χ1v) is 11.1. The highest BCUT2D eigenvalue weighted by molar-refractivity contribution is 6.02. The van der Waals surface area contributed by atoms with Crippen molar-refractivity contribution in [3.63, 3.8) is 0 Å². The van der Waals surface area contributed by atoms with Crippen LogP contribution in [0.25, 0.3) is 0 Å². The largest absolute Gasteiger partial charge is 0.383 e. The van der Waals surface area contributed by atoms with Crippen molar-refractivity contribution in [2.75, 3.05) is 45.0 Å². The second kappa shape index (κ2) is 9.72. The van der Waals surface area contributed by atoms with Crippen molar-refractivity contribution in [2.45, 2.75) is 12.3 Å². The van der Waals surface area contributed by atoms with Gasteiger partial charge >= 0.3 is 6.03 Å². The van der Waals surface area contributed by atoms with Gasteiger partial charge in [-0.2, -0.15) is 0 Å². The zero-order valence-electron chi connectivity index (χ0n) is 18.6. The maximum atomic E-state index is 12.9. The number of anilines is 1. The van der Waals surface area contributed by atoms with Crippen LogP contribution >= 0.6 is 0 Å². The number of aliphatic imine (C=N–C) groups is 1. The molecule has 1 aromatic heterocycles. The average Bonchev–Trinajstić information content (AvgIpc) is 3.34. The van der Waals surface area contributed by atoms with E-state index in [1.54, 1.807) is 23.2 Å². The third-order valence-electron chi connectivity index (χ3n) is 6.22. The third kappa shape index (κ3) is 4.97. The van der Waals surface area contributed by atoms with E-state index in [9.17, 15) is 9.59 Å². The fourth-order valence-corrected chi connectivity index (χ4v) is 4.31. The lowest BCUT2D eigenvalue weighted by Gasteiger charge is -2.36. The first kappa shape index (κ1) is 22.3. The summed E-state index contributed by atoms with van der Waals surface area (Å²) in [6.45, 7) is 7.12. The molecule has 0 spiro atoms. The van der Waals surface area contributed by atoms with Gasteiger partial charge in [0.2, 0.25) is 5.91 Å². The van der Waals surface area contributed by atoms with Crippen molar-refractivity contribution < 1.29 is 9.59 Å². The number of likely N-dealkylation sites (tertiary alicyclic amines) is 1. The lowest BCUT2D eigenvalue weighted by molar-refractivity contribution is -0.127. The highest BCUT2D eigenvalue weighted by Gasteiger charge is 2.32. The molecule has 1 unspecified atom stereocenters. The predicted molar refractivity (Wildman–Crippen MR) is 128 cm³/mol. The lowest BCUT2D eigenvalue weighted by atomic mass is 9.98. The van der Waals surface area contributed by atoms with Crippen LogP contribution < -0.4 is 11.5 Å². The van der Waals surface area contributed by atoms with Gasteiger partial charge in [-0.3, -0.25) is 4.79 Å². The minimum Gasteiger partial charge on any atom is -0.383 e. The Balaban J connectivity index is 1.34. The van der Waals surface area contributed by atoms with Gasteiger partial charge in [0.15, 0.2) is 0 Å². The summed E-state index contributed by atoms with van der Waals surface area (Å²) >= 11 is 0. The molecule has 0 bridgehead atoms. The molecular formula is C24H29N7O2. The summed E-state index contributed by atoms with van der Waals surface area (Å²) in [5.74, 6) is 0.865. The van der Waals surface area contributed by atoms with Gasteiger partial charge in [-0.25, -0.2) is 14.8 Å². The van der Waals surface area contributed by atoms with Crippen LogP contribution in [0.2, 0.25) is 0 Å². The van der Waals surface area contributed by atoms with Gasteiger partial charge in [0.1, 0.15) is 11.7 Å². The second-order valence-corrected chi connectivity index (χ2v) is 8.26. The highest BCUT2D eigenvalue weighted by atomic mass is 16.2. The van der Waals surface area contributed by atoms with Crippen LogP contribution in [0.15, 0.2) is 60.2 Å². The molecule has 2 fully saturated rings. The number of rotatable bonds is 4. The zero-order valence-corrected chi connectivity index (χ0v) is 18.6. The van der Waals surface area contributed by atoms with Crippen molar-refractivity contribution >= 4 is 29.3 Å². The number of nitrogens with zero attached hydrogens (tertiary/aromatic N) is 5. The van der Waals surface area contributed by atoms with Crippen LogP contribution in [0.5, 0.6) is 0 Å². The number of amidine groups is 1. The molecule has 2 saturated heterocycles. The van der Waals surface area contributed by atoms with Crippen molar-refractivity contribution in [1.29, 1.82) is 0 Å². The Bertz CT molecular complexity index is 1060. The number of amides is 3. The van der Waals surface area contributed by atoms with Crippen LogP contribution in [0, 0.1) is 0 Å². The van der Waals surface area contributed by atoms with Gasteiger partial charge in [-0.1, -0.05) is 18.7 Å². The Hall–Kier alpha value is -3.88. The van der Waals surface area contributed by atoms with E-state index < -0.39 is 0 Å². The van der Waals surface area contributed by atoms with E-state index in [2.05, 4.69) is 16.6 Å². The standard InChI is InChI=1S/C24H29N7O2/c1-2-21(32)29-12-14-30(15-13-29)24(33)31-11-9-18(16-31)17-5-7-19(8-6-17)28-23(26)20-4-3-10-27-22(20)25/h2-8,10,18H,1,9,11-16H2,(H2,25,27)(H2,26,28). The molecule has 33 heavy (non-hydrogen) atoms. The van der Waals surface area contributed by atoms with Crippen LogP contribution in [0.3, 0.4) is 0 Å². The summed E-state index contributed by atoms with van der Waals surface area (Å²) in [4.78, 5) is 38.6. The maximum absolute atomic E-state index is 12.9. The summed E-state index contributed by atoms with van der Waals surface area (Å²) in [6, 6.07) is 11.5. The molecule has 4 N–H and O–H groups in total. The molecule has 0 radical (unpaired) electrons. The summed E-state index contributed by atoms with van der Waals surface area (Å²) in [6.07, 6.45) is 3.85. The van der Waals surface area contributed by atoms with Crippen molar-refractivity contribution in [2.24, 2.45) is 10.7 Å². The Kier molecular flexibility index (Phi) is 6.58. The summed E-state index contributed by atoms with van der Waals surface area (Å²) in [5, 5.41) is 0. The molecule has 9 nitrogen and oxygen atoms in total. The summed E-state index contributed by atoms with van der Waals surface area (Å²) in [7, 11) is 0. The fraction of sp³-hybridized carbons (Fsp3) is 0.333. The number of hydrogen-bond acceptors (Lipinski definition) is 5. The smallest absolute Gasteiger partial charge is 0.320 e. The molecule has 1 atom stereocenters. The lowest BCUT2D eigenvalue weighted by Crippen LogP contribution is -2.53. The Labute approximate surface area is 193 Å². The van der Waals surface area contributed by atoms with Gasteiger partial charge in [0, 0.05) is 51.4 Å². The van der Waals surface area contributed by atoms with Crippen molar-refractivity contribution in [3.8, 4) is 0 Å². The third-order valence-corrected chi connectivity index (χ3v) is 6.22.